The van der Waals surface area contributed by atoms with Crippen molar-refractivity contribution in [1.29, 1.82) is 0 Å². The predicted octanol–water partition coefficient (Wildman–Crippen LogP) is 1.42. The maximum absolute atomic E-state index is 12.4. The summed E-state index contributed by atoms with van der Waals surface area (Å²) in [7, 11) is 1.43. The molecule has 5 nitrogen and oxygen atoms in total. The Bertz CT molecular complexity index is 359. The molecule has 2 saturated heterocycles. The molecule has 2 unspecified atom stereocenters. The van der Waals surface area contributed by atoms with Gasteiger partial charge in [0.15, 0.2) is 0 Å². The number of carbonyl (C=O) groups excluding carboxylic acids is 2. The Morgan fingerprint density at radius 3 is 2.57 bits per heavy atom. The number of likely N-dealkylation sites (tertiary alicyclic amines) is 1. The Morgan fingerprint density at radius 2 is 2.00 bits per heavy atom. The van der Waals surface area contributed by atoms with Gasteiger partial charge in [0.05, 0.1) is 13.0 Å². The van der Waals surface area contributed by atoms with E-state index in [2.05, 4.69) is 12.2 Å². The van der Waals surface area contributed by atoms with E-state index in [1.165, 1.54) is 20.0 Å². The van der Waals surface area contributed by atoms with Gasteiger partial charge in [0.25, 0.3) is 0 Å². The highest BCUT2D eigenvalue weighted by Crippen LogP contribution is 2.25. The minimum Gasteiger partial charge on any atom is -0.469 e. The number of rotatable bonds is 4. The molecule has 2 heterocycles. The van der Waals surface area contributed by atoms with Crippen LogP contribution in [0.4, 0.5) is 0 Å². The van der Waals surface area contributed by atoms with Crippen molar-refractivity contribution in [3.8, 4) is 0 Å². The minimum atomic E-state index is -0.135. The summed E-state index contributed by atoms with van der Waals surface area (Å²) < 4.78 is 4.78. The second kappa shape index (κ2) is 7.78. The summed E-state index contributed by atoms with van der Waals surface area (Å²) >= 11 is 0. The highest BCUT2D eigenvalue weighted by molar-refractivity contribution is 5.77. The third-order valence-corrected chi connectivity index (χ3v) is 5.02. The Kier molecular flexibility index (Phi) is 6.03. The largest absolute Gasteiger partial charge is 0.469 e. The number of nitrogens with one attached hydrogen (secondary N) is 1. The number of piperidine rings is 2. The van der Waals surface area contributed by atoms with E-state index in [1.807, 2.05) is 4.90 Å². The molecule has 2 atom stereocenters. The van der Waals surface area contributed by atoms with Gasteiger partial charge >= 0.3 is 5.97 Å². The quantitative estimate of drug-likeness (QED) is 0.797. The summed E-state index contributed by atoms with van der Waals surface area (Å²) in [6.07, 6.45) is 4.55. The summed E-state index contributed by atoms with van der Waals surface area (Å²) in [6.45, 7) is 5.72. The van der Waals surface area contributed by atoms with Crippen LogP contribution >= 0.6 is 0 Å². The van der Waals surface area contributed by atoms with Crippen molar-refractivity contribution >= 4 is 11.9 Å². The SMILES string of the molecule is COC(=O)C1CCN(C(=O)CC(C)C2CCCNC2)CC1. The highest BCUT2D eigenvalue weighted by Gasteiger charge is 2.29. The molecule has 2 rings (SSSR count). The molecule has 0 radical (unpaired) electrons. The van der Waals surface area contributed by atoms with Crippen molar-refractivity contribution < 1.29 is 14.3 Å². The van der Waals surface area contributed by atoms with Crippen LogP contribution in [-0.4, -0.2) is 50.1 Å². The van der Waals surface area contributed by atoms with Gasteiger partial charge in [-0.25, -0.2) is 0 Å². The van der Waals surface area contributed by atoms with Gasteiger partial charge in [-0.05, 0) is 50.6 Å². The molecule has 2 aliphatic heterocycles. The molecular weight excluding hydrogens is 268 g/mol. The van der Waals surface area contributed by atoms with Crippen LogP contribution in [0.25, 0.3) is 0 Å². The molecule has 0 saturated carbocycles. The van der Waals surface area contributed by atoms with Gasteiger partial charge in [-0.15, -0.1) is 0 Å². The summed E-state index contributed by atoms with van der Waals surface area (Å²) in [4.78, 5) is 25.8. The lowest BCUT2D eigenvalue weighted by molar-refractivity contribution is -0.149. The molecule has 1 amide bonds. The number of esters is 1. The fraction of sp³-hybridized carbons (Fsp3) is 0.875. The van der Waals surface area contributed by atoms with Gasteiger partial charge in [-0.2, -0.15) is 0 Å². The lowest BCUT2D eigenvalue weighted by atomic mass is 9.85. The topological polar surface area (TPSA) is 58.6 Å². The van der Waals surface area contributed by atoms with Crippen LogP contribution in [0.5, 0.6) is 0 Å². The molecule has 0 aromatic carbocycles. The van der Waals surface area contributed by atoms with E-state index in [9.17, 15) is 9.59 Å². The normalized spacial score (nSPS) is 25.4. The molecular formula is C16H28N2O3. The fourth-order valence-corrected chi connectivity index (χ4v) is 3.47. The van der Waals surface area contributed by atoms with Crippen molar-refractivity contribution in [2.45, 2.75) is 39.0 Å². The lowest BCUT2D eigenvalue weighted by Crippen LogP contribution is -2.42. The zero-order chi connectivity index (χ0) is 15.2. The van der Waals surface area contributed by atoms with Crippen LogP contribution in [-0.2, 0) is 14.3 Å². The molecule has 2 aliphatic rings. The average Bonchev–Trinajstić information content (AvgIpc) is 2.55. The van der Waals surface area contributed by atoms with Gasteiger partial charge in [-0.1, -0.05) is 6.92 Å². The van der Waals surface area contributed by atoms with Crippen LogP contribution in [0.15, 0.2) is 0 Å². The molecule has 5 heteroatoms. The van der Waals surface area contributed by atoms with E-state index in [-0.39, 0.29) is 17.8 Å². The van der Waals surface area contributed by atoms with E-state index in [0.29, 0.717) is 31.3 Å². The fourth-order valence-electron chi connectivity index (χ4n) is 3.47. The second-order valence-electron chi connectivity index (χ2n) is 6.47. The first kappa shape index (κ1) is 16.3. The van der Waals surface area contributed by atoms with E-state index in [4.69, 9.17) is 4.74 Å². The van der Waals surface area contributed by atoms with Crippen molar-refractivity contribution in [3.63, 3.8) is 0 Å². The minimum absolute atomic E-state index is 0.0287. The Hall–Kier alpha value is -1.10. The Labute approximate surface area is 127 Å². The van der Waals surface area contributed by atoms with Crippen LogP contribution < -0.4 is 5.32 Å². The molecule has 0 spiro atoms. The van der Waals surface area contributed by atoms with E-state index in [1.54, 1.807) is 0 Å². The van der Waals surface area contributed by atoms with Gasteiger partial charge in [0.1, 0.15) is 0 Å². The van der Waals surface area contributed by atoms with E-state index < -0.39 is 0 Å². The molecule has 0 bridgehead atoms. The number of hydrogen-bond acceptors (Lipinski definition) is 4. The highest BCUT2D eigenvalue weighted by atomic mass is 16.5. The zero-order valence-corrected chi connectivity index (χ0v) is 13.3. The number of carbonyl (C=O) groups is 2. The zero-order valence-electron chi connectivity index (χ0n) is 13.3. The predicted molar refractivity (Wildman–Crippen MR) is 80.7 cm³/mol. The standard InChI is InChI=1S/C16H28N2O3/c1-12(14-4-3-7-17-11-14)10-15(19)18-8-5-13(6-9-18)16(20)21-2/h12-14,17H,3-11H2,1-2H3. The van der Waals surface area contributed by atoms with E-state index >= 15 is 0 Å². The Balaban J connectivity index is 1.75. The monoisotopic (exact) mass is 296 g/mol. The van der Waals surface area contributed by atoms with Gasteiger partial charge in [0.2, 0.25) is 5.91 Å². The summed E-state index contributed by atoms with van der Waals surface area (Å²) in [6, 6.07) is 0. The summed E-state index contributed by atoms with van der Waals surface area (Å²) in [5.74, 6) is 1.14. The van der Waals surface area contributed by atoms with Crippen LogP contribution in [0.3, 0.4) is 0 Å². The second-order valence-corrected chi connectivity index (χ2v) is 6.47. The van der Waals surface area contributed by atoms with Crippen LogP contribution in [0, 0.1) is 17.8 Å². The molecule has 2 fully saturated rings. The molecule has 0 aromatic heterocycles. The molecule has 1 N–H and O–H groups in total. The lowest BCUT2D eigenvalue weighted by Gasteiger charge is -2.33. The van der Waals surface area contributed by atoms with Crippen molar-refractivity contribution in [2.75, 3.05) is 33.3 Å². The average molecular weight is 296 g/mol. The molecule has 120 valence electrons. The smallest absolute Gasteiger partial charge is 0.308 e. The Morgan fingerprint density at radius 1 is 1.29 bits per heavy atom. The van der Waals surface area contributed by atoms with Gasteiger partial charge in [-0.3, -0.25) is 9.59 Å². The number of methoxy groups -OCH3 is 1. The van der Waals surface area contributed by atoms with Crippen LogP contribution in [0.1, 0.15) is 39.0 Å². The van der Waals surface area contributed by atoms with Crippen LogP contribution in [0.2, 0.25) is 0 Å². The molecule has 0 aromatic rings. The van der Waals surface area contributed by atoms with Gasteiger partial charge < -0.3 is 15.0 Å². The number of hydrogen-bond donors (Lipinski definition) is 1. The first-order valence-corrected chi connectivity index (χ1v) is 8.18. The number of ether oxygens (including phenoxy) is 1. The third kappa shape index (κ3) is 4.43. The first-order valence-electron chi connectivity index (χ1n) is 8.18. The number of amides is 1. The summed E-state index contributed by atoms with van der Waals surface area (Å²) in [5.41, 5.74) is 0. The number of nitrogens with zero attached hydrogens (tertiary/aromatic N) is 1. The maximum atomic E-state index is 12.4. The third-order valence-electron chi connectivity index (χ3n) is 5.02. The van der Waals surface area contributed by atoms with Crippen molar-refractivity contribution in [2.24, 2.45) is 17.8 Å². The molecule has 21 heavy (non-hydrogen) atoms. The first-order chi connectivity index (χ1) is 10.1. The van der Waals surface area contributed by atoms with E-state index in [0.717, 1.165) is 25.9 Å². The van der Waals surface area contributed by atoms with Crippen molar-refractivity contribution in [3.05, 3.63) is 0 Å². The molecule has 0 aliphatic carbocycles. The summed E-state index contributed by atoms with van der Waals surface area (Å²) in [5, 5.41) is 3.42. The maximum Gasteiger partial charge on any atom is 0.308 e. The van der Waals surface area contributed by atoms with Crippen molar-refractivity contribution in [1.82, 2.24) is 10.2 Å². The van der Waals surface area contributed by atoms with Gasteiger partial charge in [0, 0.05) is 19.5 Å².